The summed E-state index contributed by atoms with van der Waals surface area (Å²) < 4.78 is 14.9. The van der Waals surface area contributed by atoms with Crippen LogP contribution in [0.15, 0.2) is 22.8 Å². The third-order valence-electron chi connectivity index (χ3n) is 2.15. The SMILES string of the molecule is CCC(=O)n1ncc2cc(Br)c(F)cc21. The van der Waals surface area contributed by atoms with E-state index < -0.39 is 5.82 Å². The Balaban J connectivity index is 2.69. The van der Waals surface area contributed by atoms with Crippen LogP contribution in [0.25, 0.3) is 10.9 Å². The fourth-order valence-corrected chi connectivity index (χ4v) is 1.73. The molecule has 0 aliphatic carbocycles. The molecule has 1 aromatic carbocycles. The Kier molecular flexibility index (Phi) is 2.56. The van der Waals surface area contributed by atoms with E-state index in [0.717, 1.165) is 5.39 Å². The van der Waals surface area contributed by atoms with E-state index in [2.05, 4.69) is 21.0 Å². The van der Waals surface area contributed by atoms with Crippen molar-refractivity contribution >= 4 is 32.7 Å². The Morgan fingerprint density at radius 1 is 1.60 bits per heavy atom. The van der Waals surface area contributed by atoms with E-state index in [-0.39, 0.29) is 5.91 Å². The van der Waals surface area contributed by atoms with Crippen LogP contribution in [0.4, 0.5) is 4.39 Å². The molecule has 0 fully saturated rings. The van der Waals surface area contributed by atoms with Gasteiger partial charge in [0.1, 0.15) is 5.82 Å². The predicted octanol–water partition coefficient (Wildman–Crippen LogP) is 2.99. The van der Waals surface area contributed by atoms with Gasteiger partial charge >= 0.3 is 0 Å². The van der Waals surface area contributed by atoms with Crippen molar-refractivity contribution in [2.45, 2.75) is 13.3 Å². The molecule has 0 aliphatic heterocycles. The zero-order chi connectivity index (χ0) is 11.0. The van der Waals surface area contributed by atoms with Crippen molar-refractivity contribution in [2.24, 2.45) is 0 Å². The van der Waals surface area contributed by atoms with Gasteiger partial charge in [-0.25, -0.2) is 4.39 Å². The average Bonchev–Trinajstić information content (AvgIpc) is 2.61. The maximum absolute atomic E-state index is 13.3. The van der Waals surface area contributed by atoms with Crippen LogP contribution < -0.4 is 0 Å². The first kappa shape index (κ1) is 10.3. The molecule has 0 saturated heterocycles. The molecule has 2 aromatic rings. The number of benzene rings is 1. The van der Waals surface area contributed by atoms with Gasteiger partial charge in [-0.1, -0.05) is 6.92 Å². The molecule has 0 saturated carbocycles. The fourth-order valence-electron chi connectivity index (χ4n) is 1.37. The number of hydrogen-bond acceptors (Lipinski definition) is 2. The normalized spacial score (nSPS) is 10.9. The summed E-state index contributed by atoms with van der Waals surface area (Å²) >= 11 is 3.08. The molecule has 0 atom stereocenters. The molecule has 0 bridgehead atoms. The minimum absolute atomic E-state index is 0.147. The molecule has 3 nitrogen and oxygen atoms in total. The van der Waals surface area contributed by atoms with Crippen LogP contribution in [0.1, 0.15) is 18.1 Å². The predicted molar refractivity (Wildman–Crippen MR) is 58.3 cm³/mol. The van der Waals surface area contributed by atoms with Gasteiger partial charge in [-0.15, -0.1) is 0 Å². The fraction of sp³-hybridized carbons (Fsp3) is 0.200. The Labute approximate surface area is 94.0 Å². The van der Waals surface area contributed by atoms with Gasteiger partial charge < -0.3 is 0 Å². The standard InChI is InChI=1S/C10H8BrFN2O/c1-2-10(15)14-9-4-8(12)7(11)3-6(9)5-13-14/h3-5H,2H2,1H3. The van der Waals surface area contributed by atoms with Crippen molar-refractivity contribution in [1.82, 2.24) is 9.78 Å². The van der Waals surface area contributed by atoms with Crippen LogP contribution in [0.2, 0.25) is 0 Å². The zero-order valence-electron chi connectivity index (χ0n) is 8.00. The van der Waals surface area contributed by atoms with E-state index in [9.17, 15) is 9.18 Å². The molecule has 1 heterocycles. The number of aromatic nitrogens is 2. The van der Waals surface area contributed by atoms with Crippen molar-refractivity contribution < 1.29 is 9.18 Å². The number of rotatable bonds is 1. The molecule has 1 aromatic heterocycles. The van der Waals surface area contributed by atoms with E-state index in [0.29, 0.717) is 16.4 Å². The second kappa shape index (κ2) is 3.73. The molecule has 0 amide bonds. The molecule has 0 radical (unpaired) electrons. The van der Waals surface area contributed by atoms with Crippen LogP contribution in [-0.4, -0.2) is 15.7 Å². The third kappa shape index (κ3) is 1.67. The maximum atomic E-state index is 13.3. The lowest BCUT2D eigenvalue weighted by atomic mass is 10.2. The summed E-state index contributed by atoms with van der Waals surface area (Å²) in [6, 6.07) is 2.91. The molecule has 0 aliphatic rings. The third-order valence-corrected chi connectivity index (χ3v) is 2.76. The number of halogens is 2. The summed E-state index contributed by atoms with van der Waals surface area (Å²) in [6.45, 7) is 1.74. The second-order valence-corrected chi connectivity index (χ2v) is 3.98. The summed E-state index contributed by atoms with van der Waals surface area (Å²) in [5.41, 5.74) is 0.502. The number of carbonyl (C=O) groups excluding carboxylic acids is 1. The Morgan fingerprint density at radius 3 is 3.00 bits per heavy atom. The lowest BCUT2D eigenvalue weighted by Crippen LogP contribution is -2.10. The smallest absolute Gasteiger partial charge is 0.247 e. The quantitative estimate of drug-likeness (QED) is 0.799. The van der Waals surface area contributed by atoms with Crippen LogP contribution >= 0.6 is 15.9 Å². The summed E-state index contributed by atoms with van der Waals surface area (Å²) in [7, 11) is 0. The molecule has 0 unspecified atom stereocenters. The summed E-state index contributed by atoms with van der Waals surface area (Å²) in [5.74, 6) is -0.542. The van der Waals surface area contributed by atoms with Crippen molar-refractivity contribution in [3.8, 4) is 0 Å². The van der Waals surface area contributed by atoms with Crippen molar-refractivity contribution in [2.75, 3.05) is 0 Å². The van der Waals surface area contributed by atoms with Gasteiger partial charge in [0, 0.05) is 17.9 Å². The van der Waals surface area contributed by atoms with Gasteiger partial charge in [0.2, 0.25) is 5.91 Å². The number of hydrogen-bond donors (Lipinski definition) is 0. The first-order valence-corrected chi connectivity index (χ1v) is 5.28. The molecular formula is C10H8BrFN2O. The van der Waals surface area contributed by atoms with Crippen LogP contribution in [0, 0.1) is 5.82 Å². The van der Waals surface area contributed by atoms with Gasteiger partial charge in [0.05, 0.1) is 16.2 Å². The highest BCUT2D eigenvalue weighted by Gasteiger charge is 2.11. The first-order valence-electron chi connectivity index (χ1n) is 4.49. The van der Waals surface area contributed by atoms with E-state index in [4.69, 9.17) is 0 Å². The van der Waals surface area contributed by atoms with Crippen molar-refractivity contribution in [3.63, 3.8) is 0 Å². The Morgan fingerprint density at radius 2 is 2.33 bits per heavy atom. The van der Waals surface area contributed by atoms with Crippen LogP contribution in [-0.2, 0) is 0 Å². The molecule has 0 spiro atoms. The summed E-state index contributed by atoms with van der Waals surface area (Å²) in [6.07, 6.45) is 1.89. The van der Waals surface area contributed by atoms with Gasteiger partial charge in [-0.2, -0.15) is 9.78 Å². The highest BCUT2D eigenvalue weighted by Crippen LogP contribution is 2.23. The van der Waals surface area contributed by atoms with E-state index in [1.807, 2.05) is 0 Å². The Bertz CT molecular complexity index is 535. The topological polar surface area (TPSA) is 34.9 Å². The van der Waals surface area contributed by atoms with Crippen LogP contribution in [0.3, 0.4) is 0 Å². The molecule has 78 valence electrons. The zero-order valence-corrected chi connectivity index (χ0v) is 9.58. The van der Waals surface area contributed by atoms with Crippen molar-refractivity contribution in [1.29, 1.82) is 0 Å². The van der Waals surface area contributed by atoms with E-state index >= 15 is 0 Å². The van der Waals surface area contributed by atoms with Crippen LogP contribution in [0.5, 0.6) is 0 Å². The van der Waals surface area contributed by atoms with Gasteiger partial charge in [-0.05, 0) is 22.0 Å². The largest absolute Gasteiger partial charge is 0.273 e. The number of nitrogens with zero attached hydrogens (tertiary/aromatic N) is 2. The van der Waals surface area contributed by atoms with Gasteiger partial charge in [0.25, 0.3) is 0 Å². The second-order valence-electron chi connectivity index (χ2n) is 3.13. The van der Waals surface area contributed by atoms with Crippen molar-refractivity contribution in [3.05, 3.63) is 28.6 Å². The lowest BCUT2D eigenvalue weighted by Gasteiger charge is -2.00. The summed E-state index contributed by atoms with van der Waals surface area (Å²) in [4.78, 5) is 11.5. The first-order chi connectivity index (χ1) is 7.13. The Hall–Kier alpha value is -1.23. The lowest BCUT2D eigenvalue weighted by molar-refractivity contribution is 0.0899. The summed E-state index contributed by atoms with van der Waals surface area (Å²) in [5, 5.41) is 4.67. The average molecular weight is 271 g/mol. The van der Waals surface area contributed by atoms with Gasteiger partial charge in [-0.3, -0.25) is 4.79 Å². The minimum Gasteiger partial charge on any atom is -0.273 e. The molecule has 5 heteroatoms. The monoisotopic (exact) mass is 270 g/mol. The molecule has 2 rings (SSSR count). The highest BCUT2D eigenvalue weighted by atomic mass is 79.9. The van der Waals surface area contributed by atoms with E-state index in [1.165, 1.54) is 10.7 Å². The molecule has 15 heavy (non-hydrogen) atoms. The molecular weight excluding hydrogens is 263 g/mol. The van der Waals surface area contributed by atoms with E-state index in [1.54, 1.807) is 19.2 Å². The van der Waals surface area contributed by atoms with Gasteiger partial charge in [0.15, 0.2) is 0 Å². The number of fused-ring (bicyclic) bond motifs is 1. The highest BCUT2D eigenvalue weighted by molar-refractivity contribution is 9.10. The maximum Gasteiger partial charge on any atom is 0.247 e. The number of carbonyl (C=O) groups is 1. The minimum atomic E-state index is -0.395. The molecule has 0 N–H and O–H groups in total.